The Morgan fingerprint density at radius 1 is 1.29 bits per heavy atom. The molecule has 1 aliphatic heterocycles. The van der Waals surface area contributed by atoms with Gasteiger partial charge in [-0.15, -0.1) is 0 Å². The highest BCUT2D eigenvalue weighted by Crippen LogP contribution is 2.16. The van der Waals surface area contributed by atoms with Gasteiger partial charge in [-0.25, -0.2) is 0 Å². The number of hydrogen-bond donors (Lipinski definition) is 2. The van der Waals surface area contributed by atoms with Crippen LogP contribution in [0.25, 0.3) is 6.08 Å². The van der Waals surface area contributed by atoms with Crippen LogP contribution in [-0.2, 0) is 9.59 Å². The number of ether oxygens (including phenoxy) is 1. The molecule has 5 nitrogen and oxygen atoms in total. The van der Waals surface area contributed by atoms with Crippen molar-refractivity contribution in [3.05, 3.63) is 35.5 Å². The molecule has 1 aliphatic rings. The molecule has 0 spiro atoms. The quantitative estimate of drug-likeness (QED) is 0.829. The summed E-state index contributed by atoms with van der Waals surface area (Å²) in [7, 11) is 1.59. The van der Waals surface area contributed by atoms with Crippen LogP contribution in [-0.4, -0.2) is 25.0 Å². The maximum absolute atomic E-state index is 12.1. The first kappa shape index (κ1) is 15.1. The number of rotatable bonds is 4. The number of methoxy groups -OCH3 is 1. The summed E-state index contributed by atoms with van der Waals surface area (Å²) in [6, 6.07) is 6.79. The van der Waals surface area contributed by atoms with Crippen LogP contribution in [0.1, 0.15) is 25.8 Å². The van der Waals surface area contributed by atoms with Gasteiger partial charge in [0.25, 0.3) is 5.91 Å². The van der Waals surface area contributed by atoms with Crippen molar-refractivity contribution in [2.45, 2.75) is 26.3 Å². The average Bonchev–Trinajstić information content (AvgIpc) is 2.50. The summed E-state index contributed by atoms with van der Waals surface area (Å²) in [4.78, 5) is 24.1. The molecule has 0 aliphatic carbocycles. The Morgan fingerprint density at radius 2 is 1.95 bits per heavy atom. The lowest BCUT2D eigenvalue weighted by molar-refractivity contribution is -0.132. The van der Waals surface area contributed by atoms with Gasteiger partial charge in [0.15, 0.2) is 0 Å². The summed E-state index contributed by atoms with van der Waals surface area (Å²) in [6.07, 6.45) is 2.48. The maximum atomic E-state index is 12.1. The van der Waals surface area contributed by atoms with E-state index in [-0.39, 0.29) is 23.4 Å². The number of benzene rings is 1. The summed E-state index contributed by atoms with van der Waals surface area (Å²) in [5.74, 6) is 0.432. The van der Waals surface area contributed by atoms with Crippen LogP contribution in [0.2, 0.25) is 0 Å². The summed E-state index contributed by atoms with van der Waals surface area (Å²) in [6.45, 7) is 3.94. The molecule has 0 radical (unpaired) electrons. The zero-order chi connectivity index (χ0) is 15.4. The second kappa shape index (κ2) is 6.43. The molecule has 21 heavy (non-hydrogen) atoms. The largest absolute Gasteiger partial charge is 0.497 e. The van der Waals surface area contributed by atoms with Gasteiger partial charge in [0.1, 0.15) is 17.5 Å². The highest BCUT2D eigenvalue weighted by Gasteiger charge is 2.32. The molecular weight excluding hydrogens is 268 g/mol. The molecule has 1 heterocycles. The van der Waals surface area contributed by atoms with E-state index in [1.54, 1.807) is 25.3 Å². The lowest BCUT2D eigenvalue weighted by Crippen LogP contribution is -2.57. The normalized spacial score (nSPS) is 21.7. The number of hydrogen-bond acceptors (Lipinski definition) is 3. The fourth-order valence-corrected chi connectivity index (χ4v) is 2.16. The maximum Gasteiger partial charge on any atom is 0.268 e. The van der Waals surface area contributed by atoms with Gasteiger partial charge in [-0.05, 0) is 29.7 Å². The number of piperazine rings is 1. The van der Waals surface area contributed by atoms with E-state index in [2.05, 4.69) is 10.6 Å². The minimum atomic E-state index is -0.462. The van der Waals surface area contributed by atoms with Crippen molar-refractivity contribution in [2.24, 2.45) is 5.92 Å². The first-order valence-corrected chi connectivity index (χ1v) is 7.02. The SMILES string of the molecule is CCC(C)C1NC(=O)C(=Cc2ccc(OC)cc2)NC1=O. The first-order valence-electron chi connectivity index (χ1n) is 7.02. The van der Waals surface area contributed by atoms with Gasteiger partial charge in [-0.2, -0.15) is 0 Å². The highest BCUT2D eigenvalue weighted by atomic mass is 16.5. The second-order valence-electron chi connectivity index (χ2n) is 5.16. The second-order valence-corrected chi connectivity index (χ2v) is 5.16. The van der Waals surface area contributed by atoms with Gasteiger partial charge in [-0.1, -0.05) is 32.4 Å². The van der Waals surface area contributed by atoms with Crippen LogP contribution in [0.5, 0.6) is 5.75 Å². The molecule has 1 saturated heterocycles. The van der Waals surface area contributed by atoms with Crippen molar-refractivity contribution in [3.8, 4) is 5.75 Å². The first-order chi connectivity index (χ1) is 10.0. The Morgan fingerprint density at radius 3 is 2.52 bits per heavy atom. The molecule has 112 valence electrons. The van der Waals surface area contributed by atoms with E-state index >= 15 is 0 Å². The van der Waals surface area contributed by atoms with Crippen LogP contribution in [0.3, 0.4) is 0 Å². The molecule has 1 fully saturated rings. The van der Waals surface area contributed by atoms with Gasteiger partial charge in [0.05, 0.1) is 7.11 Å². The van der Waals surface area contributed by atoms with Gasteiger partial charge < -0.3 is 15.4 Å². The molecule has 1 aromatic rings. The number of carbonyl (C=O) groups excluding carboxylic acids is 2. The van der Waals surface area contributed by atoms with E-state index in [1.807, 2.05) is 26.0 Å². The van der Waals surface area contributed by atoms with E-state index in [0.29, 0.717) is 0 Å². The smallest absolute Gasteiger partial charge is 0.268 e. The lowest BCUT2D eigenvalue weighted by atomic mass is 9.96. The molecule has 0 saturated carbocycles. The summed E-state index contributed by atoms with van der Waals surface area (Å²) >= 11 is 0. The summed E-state index contributed by atoms with van der Waals surface area (Å²) in [5.41, 5.74) is 1.09. The van der Waals surface area contributed by atoms with Crippen molar-refractivity contribution in [1.29, 1.82) is 0 Å². The van der Waals surface area contributed by atoms with Gasteiger partial charge in [-0.3, -0.25) is 9.59 Å². The van der Waals surface area contributed by atoms with Crippen LogP contribution < -0.4 is 15.4 Å². The van der Waals surface area contributed by atoms with E-state index in [0.717, 1.165) is 17.7 Å². The Bertz CT molecular complexity index is 563. The highest BCUT2D eigenvalue weighted by molar-refractivity contribution is 6.07. The van der Waals surface area contributed by atoms with Crippen molar-refractivity contribution < 1.29 is 14.3 Å². The third kappa shape index (κ3) is 3.42. The third-order valence-corrected chi connectivity index (χ3v) is 3.71. The Labute approximate surface area is 124 Å². The van der Waals surface area contributed by atoms with E-state index in [4.69, 9.17) is 4.74 Å². The molecule has 2 rings (SSSR count). The van der Waals surface area contributed by atoms with Crippen molar-refractivity contribution in [3.63, 3.8) is 0 Å². The molecular formula is C16H20N2O3. The topological polar surface area (TPSA) is 67.4 Å². The molecule has 1 aromatic carbocycles. The average molecular weight is 288 g/mol. The summed E-state index contributed by atoms with van der Waals surface area (Å²) < 4.78 is 5.08. The van der Waals surface area contributed by atoms with Gasteiger partial charge in [0.2, 0.25) is 5.91 Å². The number of nitrogens with one attached hydrogen (secondary N) is 2. The minimum Gasteiger partial charge on any atom is -0.497 e. The predicted octanol–water partition coefficient (Wildman–Crippen LogP) is 1.70. The lowest BCUT2D eigenvalue weighted by Gasteiger charge is -2.28. The molecule has 2 amide bonds. The van der Waals surface area contributed by atoms with Gasteiger partial charge >= 0.3 is 0 Å². The van der Waals surface area contributed by atoms with E-state index in [9.17, 15) is 9.59 Å². The van der Waals surface area contributed by atoms with E-state index in [1.165, 1.54) is 0 Å². The van der Waals surface area contributed by atoms with Crippen LogP contribution >= 0.6 is 0 Å². The number of carbonyl (C=O) groups is 2. The molecule has 2 atom stereocenters. The van der Waals surface area contributed by atoms with Crippen LogP contribution in [0.4, 0.5) is 0 Å². The number of amides is 2. The van der Waals surface area contributed by atoms with Crippen molar-refractivity contribution in [1.82, 2.24) is 10.6 Å². The molecule has 5 heteroatoms. The van der Waals surface area contributed by atoms with Crippen molar-refractivity contribution in [2.75, 3.05) is 7.11 Å². The fourth-order valence-electron chi connectivity index (χ4n) is 2.16. The van der Waals surface area contributed by atoms with Crippen LogP contribution in [0.15, 0.2) is 30.0 Å². The molecule has 2 N–H and O–H groups in total. The predicted molar refractivity (Wildman–Crippen MR) is 80.5 cm³/mol. The Hall–Kier alpha value is -2.30. The summed E-state index contributed by atoms with van der Waals surface area (Å²) in [5, 5.41) is 5.45. The fraction of sp³-hybridized carbons (Fsp3) is 0.375. The zero-order valence-electron chi connectivity index (χ0n) is 12.5. The Balaban J connectivity index is 2.16. The van der Waals surface area contributed by atoms with Crippen molar-refractivity contribution >= 4 is 17.9 Å². The third-order valence-electron chi connectivity index (χ3n) is 3.71. The van der Waals surface area contributed by atoms with E-state index < -0.39 is 6.04 Å². The monoisotopic (exact) mass is 288 g/mol. The minimum absolute atomic E-state index is 0.108. The zero-order valence-corrected chi connectivity index (χ0v) is 12.5. The Kier molecular flexibility index (Phi) is 4.62. The molecule has 0 aromatic heterocycles. The van der Waals surface area contributed by atoms with Crippen LogP contribution in [0, 0.1) is 5.92 Å². The standard InChI is InChI=1S/C16H20N2O3/c1-4-10(2)14-16(20)17-13(15(19)18-14)9-11-5-7-12(21-3)8-6-11/h5-10,14H,4H2,1-3H3,(H,17,20)(H,18,19). The molecule has 0 bridgehead atoms. The molecule has 2 unspecified atom stereocenters. The van der Waals surface area contributed by atoms with Gasteiger partial charge in [0, 0.05) is 0 Å².